The molecule has 0 spiro atoms. The molecule has 6 heteroatoms. The van der Waals surface area contributed by atoms with Crippen molar-refractivity contribution in [2.75, 3.05) is 6.61 Å². The van der Waals surface area contributed by atoms with E-state index in [4.69, 9.17) is 4.74 Å². The van der Waals surface area contributed by atoms with E-state index in [-0.39, 0.29) is 23.7 Å². The average molecular weight is 383 g/mol. The van der Waals surface area contributed by atoms with Gasteiger partial charge in [-0.15, -0.1) is 11.3 Å². The van der Waals surface area contributed by atoms with Crippen LogP contribution in [-0.4, -0.2) is 28.0 Å². The first-order valence-electron chi connectivity index (χ1n) is 8.56. The first kappa shape index (κ1) is 18.9. The summed E-state index contributed by atoms with van der Waals surface area (Å²) in [6, 6.07) is 10.7. The van der Waals surface area contributed by atoms with Gasteiger partial charge in [0.2, 0.25) is 5.78 Å². The minimum atomic E-state index is -0.711. The molecule has 1 N–H and O–H groups in total. The van der Waals surface area contributed by atoms with E-state index in [1.807, 2.05) is 31.4 Å². The number of benzene rings is 1. The Hall–Kier alpha value is -2.86. The van der Waals surface area contributed by atoms with E-state index in [0.717, 1.165) is 11.4 Å². The van der Waals surface area contributed by atoms with Crippen molar-refractivity contribution in [2.45, 2.75) is 27.3 Å². The Morgan fingerprint density at radius 2 is 1.89 bits per heavy atom. The normalized spacial score (nSPS) is 10.8. The third kappa shape index (κ3) is 3.95. The number of rotatable bonds is 6. The van der Waals surface area contributed by atoms with E-state index in [2.05, 4.69) is 10.6 Å². The number of nitrogens with zero attached hydrogens (tertiary/aromatic N) is 1. The van der Waals surface area contributed by atoms with E-state index >= 15 is 0 Å². The number of phenolic OH excluding ortho intramolecular Hbond substituents is 1. The second-order valence-corrected chi connectivity index (χ2v) is 7.45. The molecule has 0 aliphatic carbocycles. The maximum absolute atomic E-state index is 12.6. The highest BCUT2D eigenvalue weighted by Crippen LogP contribution is 2.23. The summed E-state index contributed by atoms with van der Waals surface area (Å²) < 4.78 is 7.21. The van der Waals surface area contributed by atoms with Crippen LogP contribution in [0.25, 0.3) is 0 Å². The van der Waals surface area contributed by atoms with Crippen LogP contribution in [0.15, 0.2) is 41.8 Å². The molecule has 0 bridgehead atoms. The highest BCUT2D eigenvalue weighted by Gasteiger charge is 2.19. The van der Waals surface area contributed by atoms with Gasteiger partial charge in [-0.1, -0.05) is 18.2 Å². The number of aromatic hydroxyl groups is 1. The van der Waals surface area contributed by atoms with Gasteiger partial charge < -0.3 is 14.4 Å². The first-order valence-corrected chi connectivity index (χ1v) is 9.44. The fourth-order valence-electron chi connectivity index (χ4n) is 3.00. The van der Waals surface area contributed by atoms with Crippen molar-refractivity contribution in [1.29, 1.82) is 0 Å². The van der Waals surface area contributed by atoms with Crippen LogP contribution in [0.5, 0.6) is 5.75 Å². The molecular weight excluding hydrogens is 362 g/mol. The number of aryl methyl sites for hydroxylation is 2. The molecule has 0 fully saturated rings. The molecule has 3 rings (SSSR count). The summed E-state index contributed by atoms with van der Waals surface area (Å²) in [5.74, 6) is -1.10. The Bertz CT molecular complexity index is 986. The number of carbonyl (C=O) groups excluding carboxylic acids is 2. The van der Waals surface area contributed by atoms with Gasteiger partial charge in [0.1, 0.15) is 11.3 Å². The van der Waals surface area contributed by atoms with Gasteiger partial charge >= 0.3 is 5.97 Å². The van der Waals surface area contributed by atoms with Crippen LogP contribution in [0.4, 0.5) is 0 Å². The number of esters is 1. The van der Waals surface area contributed by atoms with E-state index in [0.29, 0.717) is 17.7 Å². The number of hydrogen-bond donors (Lipinski definition) is 1. The fourth-order valence-corrected chi connectivity index (χ4v) is 3.69. The number of aromatic nitrogens is 1. The zero-order valence-electron chi connectivity index (χ0n) is 15.5. The molecule has 3 aromatic rings. The van der Waals surface area contributed by atoms with Gasteiger partial charge in [-0.2, -0.15) is 0 Å². The molecule has 140 valence electrons. The van der Waals surface area contributed by atoms with Crippen molar-refractivity contribution in [3.8, 4) is 5.75 Å². The third-order valence-electron chi connectivity index (χ3n) is 4.56. The van der Waals surface area contributed by atoms with Gasteiger partial charge in [-0.3, -0.25) is 4.79 Å². The van der Waals surface area contributed by atoms with Crippen LogP contribution in [0.1, 0.15) is 42.5 Å². The highest BCUT2D eigenvalue weighted by molar-refractivity contribution is 7.09. The number of ether oxygens (including phenoxy) is 1. The summed E-state index contributed by atoms with van der Waals surface area (Å²) in [6.07, 6.45) is 0. The lowest BCUT2D eigenvalue weighted by Gasteiger charge is -2.09. The molecule has 5 nitrogen and oxygen atoms in total. The predicted octanol–water partition coefficient (Wildman–Crippen LogP) is 4.27. The maximum atomic E-state index is 12.6. The van der Waals surface area contributed by atoms with Gasteiger partial charge in [0.05, 0.1) is 6.54 Å². The number of ketones is 1. The van der Waals surface area contributed by atoms with Crippen LogP contribution in [0.3, 0.4) is 0 Å². The van der Waals surface area contributed by atoms with Crippen molar-refractivity contribution < 1.29 is 19.4 Å². The number of carbonyl (C=O) groups is 2. The Kier molecular flexibility index (Phi) is 5.46. The van der Waals surface area contributed by atoms with Gasteiger partial charge in [-0.25, -0.2) is 4.79 Å². The van der Waals surface area contributed by atoms with Crippen molar-refractivity contribution in [3.63, 3.8) is 0 Å². The van der Waals surface area contributed by atoms with Crippen molar-refractivity contribution in [3.05, 3.63) is 74.7 Å². The van der Waals surface area contributed by atoms with Gasteiger partial charge in [0, 0.05) is 21.8 Å². The summed E-state index contributed by atoms with van der Waals surface area (Å²) in [4.78, 5) is 26.0. The minimum Gasteiger partial charge on any atom is -0.507 e. The Balaban J connectivity index is 1.71. The molecular formula is C21H21NO4S. The van der Waals surface area contributed by atoms with Crippen LogP contribution in [0, 0.1) is 20.8 Å². The van der Waals surface area contributed by atoms with E-state index < -0.39 is 5.97 Å². The highest BCUT2D eigenvalue weighted by atomic mass is 32.1. The minimum absolute atomic E-state index is 0.0611. The van der Waals surface area contributed by atoms with Gasteiger partial charge in [-0.05, 0) is 49.9 Å². The molecule has 27 heavy (non-hydrogen) atoms. The number of phenols is 1. The molecule has 0 amide bonds. The quantitative estimate of drug-likeness (QED) is 0.510. The molecule has 0 saturated heterocycles. The molecule has 1 aromatic carbocycles. The topological polar surface area (TPSA) is 68.5 Å². The Labute approximate surface area is 161 Å². The van der Waals surface area contributed by atoms with Gasteiger partial charge in [0.25, 0.3) is 0 Å². The summed E-state index contributed by atoms with van der Waals surface area (Å²) in [7, 11) is 0. The van der Waals surface area contributed by atoms with E-state index in [9.17, 15) is 14.7 Å². The standard InChI is InChI=1S/C21H21NO4S/c1-13-6-4-8-17(20(13)24)21(25)26-12-19(23)18-10-14(2)22(15(18)3)11-16-7-5-9-27-16/h4-10,24H,11-12H2,1-3H3. The lowest BCUT2D eigenvalue weighted by atomic mass is 10.1. The van der Waals surface area contributed by atoms with Crippen LogP contribution < -0.4 is 0 Å². The van der Waals surface area contributed by atoms with Crippen LogP contribution in [-0.2, 0) is 11.3 Å². The Morgan fingerprint density at radius 3 is 2.59 bits per heavy atom. The molecule has 2 aromatic heterocycles. The van der Waals surface area contributed by atoms with Crippen LogP contribution in [0.2, 0.25) is 0 Å². The number of thiophene rings is 1. The van der Waals surface area contributed by atoms with Gasteiger partial charge in [0.15, 0.2) is 6.61 Å². The molecule has 0 unspecified atom stereocenters. The fraction of sp³-hybridized carbons (Fsp3) is 0.238. The Morgan fingerprint density at radius 1 is 1.11 bits per heavy atom. The van der Waals surface area contributed by atoms with Crippen molar-refractivity contribution in [2.24, 2.45) is 0 Å². The SMILES string of the molecule is Cc1cccc(C(=O)OCC(=O)c2cc(C)n(Cc3cccs3)c2C)c1O. The summed E-state index contributed by atoms with van der Waals surface area (Å²) in [5, 5.41) is 12.0. The zero-order valence-corrected chi connectivity index (χ0v) is 16.3. The second kappa shape index (κ2) is 7.80. The van der Waals surface area contributed by atoms with Crippen molar-refractivity contribution >= 4 is 23.1 Å². The summed E-state index contributed by atoms with van der Waals surface area (Å²) in [5.41, 5.74) is 3.01. The molecule has 0 aliphatic rings. The largest absolute Gasteiger partial charge is 0.507 e. The maximum Gasteiger partial charge on any atom is 0.342 e. The second-order valence-electron chi connectivity index (χ2n) is 6.42. The first-order chi connectivity index (χ1) is 12.9. The third-order valence-corrected chi connectivity index (χ3v) is 5.42. The number of hydrogen-bond acceptors (Lipinski definition) is 5. The van der Waals surface area contributed by atoms with Crippen molar-refractivity contribution in [1.82, 2.24) is 4.57 Å². The average Bonchev–Trinajstić information content (AvgIpc) is 3.25. The zero-order chi connectivity index (χ0) is 19.6. The monoisotopic (exact) mass is 383 g/mol. The number of Topliss-reactive ketones (excluding diaryl/α,β-unsaturated/α-hetero) is 1. The molecule has 0 radical (unpaired) electrons. The number of para-hydroxylation sites is 1. The van der Waals surface area contributed by atoms with E-state index in [1.165, 1.54) is 10.9 Å². The molecule has 0 saturated carbocycles. The molecule has 0 atom stereocenters. The molecule has 0 aliphatic heterocycles. The lowest BCUT2D eigenvalue weighted by molar-refractivity contribution is 0.0471. The predicted molar refractivity (Wildman–Crippen MR) is 105 cm³/mol. The molecule has 2 heterocycles. The van der Waals surface area contributed by atoms with E-state index in [1.54, 1.807) is 30.4 Å². The summed E-state index contributed by atoms with van der Waals surface area (Å²) in [6.45, 7) is 5.88. The van der Waals surface area contributed by atoms with Crippen LogP contribution >= 0.6 is 11.3 Å². The lowest BCUT2D eigenvalue weighted by Crippen LogP contribution is -2.15. The smallest absolute Gasteiger partial charge is 0.342 e. The summed E-state index contributed by atoms with van der Waals surface area (Å²) >= 11 is 1.67.